The molecule has 0 saturated heterocycles. The number of amides is 1. The van der Waals surface area contributed by atoms with E-state index in [9.17, 15) is 4.79 Å². The summed E-state index contributed by atoms with van der Waals surface area (Å²) in [6.07, 6.45) is 0. The Kier molecular flexibility index (Phi) is 4.79. The van der Waals surface area contributed by atoms with Gasteiger partial charge in [-0.15, -0.1) is 0 Å². The Labute approximate surface area is 96.2 Å². The Morgan fingerprint density at radius 3 is 2.88 bits per heavy atom. The summed E-state index contributed by atoms with van der Waals surface area (Å²) in [5.41, 5.74) is 0.758. The van der Waals surface area contributed by atoms with E-state index in [1.807, 2.05) is 37.1 Å². The molecule has 1 aromatic carbocycles. The monoisotopic (exact) mass is 222 g/mol. The SMILES string of the molecule is CCN(C)CC(=O)Nc1cccc(OC)c1. The van der Waals surface area contributed by atoms with E-state index in [0.717, 1.165) is 18.0 Å². The van der Waals surface area contributed by atoms with E-state index in [0.29, 0.717) is 6.54 Å². The fourth-order valence-electron chi connectivity index (χ4n) is 1.26. The van der Waals surface area contributed by atoms with Crippen LogP contribution in [0.2, 0.25) is 0 Å². The van der Waals surface area contributed by atoms with Crippen LogP contribution in [0.4, 0.5) is 5.69 Å². The van der Waals surface area contributed by atoms with Crippen LogP contribution in [0.3, 0.4) is 0 Å². The van der Waals surface area contributed by atoms with Crippen molar-refractivity contribution in [1.82, 2.24) is 4.90 Å². The predicted molar refractivity (Wildman–Crippen MR) is 64.8 cm³/mol. The summed E-state index contributed by atoms with van der Waals surface area (Å²) in [5, 5.41) is 2.82. The second-order valence-electron chi connectivity index (χ2n) is 3.61. The van der Waals surface area contributed by atoms with Crippen molar-refractivity contribution in [2.24, 2.45) is 0 Å². The third kappa shape index (κ3) is 3.90. The number of hydrogen-bond donors (Lipinski definition) is 1. The molecular formula is C12H18N2O2. The number of hydrogen-bond acceptors (Lipinski definition) is 3. The standard InChI is InChI=1S/C12H18N2O2/c1-4-14(2)9-12(15)13-10-6-5-7-11(8-10)16-3/h5-8H,4,9H2,1-3H3,(H,13,15). The van der Waals surface area contributed by atoms with Gasteiger partial charge in [0.1, 0.15) is 5.75 Å². The molecule has 0 bridgehead atoms. The lowest BCUT2D eigenvalue weighted by atomic mass is 10.3. The summed E-state index contributed by atoms with van der Waals surface area (Å²) >= 11 is 0. The highest BCUT2D eigenvalue weighted by Crippen LogP contribution is 2.16. The van der Waals surface area contributed by atoms with Crippen molar-refractivity contribution in [2.45, 2.75) is 6.92 Å². The lowest BCUT2D eigenvalue weighted by molar-refractivity contribution is -0.117. The minimum atomic E-state index is -0.0161. The van der Waals surface area contributed by atoms with Crippen molar-refractivity contribution in [3.63, 3.8) is 0 Å². The van der Waals surface area contributed by atoms with Gasteiger partial charge >= 0.3 is 0 Å². The minimum absolute atomic E-state index is 0.0161. The Hall–Kier alpha value is -1.55. The summed E-state index contributed by atoms with van der Waals surface area (Å²) in [4.78, 5) is 13.5. The smallest absolute Gasteiger partial charge is 0.238 e. The van der Waals surface area contributed by atoms with Crippen molar-refractivity contribution in [3.05, 3.63) is 24.3 Å². The predicted octanol–water partition coefficient (Wildman–Crippen LogP) is 1.59. The number of benzene rings is 1. The molecule has 16 heavy (non-hydrogen) atoms. The quantitative estimate of drug-likeness (QED) is 0.822. The molecule has 0 radical (unpaired) electrons. The largest absolute Gasteiger partial charge is 0.497 e. The maximum atomic E-state index is 11.6. The van der Waals surface area contributed by atoms with E-state index in [1.54, 1.807) is 13.2 Å². The highest BCUT2D eigenvalue weighted by Gasteiger charge is 2.05. The zero-order valence-electron chi connectivity index (χ0n) is 9.99. The van der Waals surface area contributed by atoms with Gasteiger partial charge in [-0.25, -0.2) is 0 Å². The Balaban J connectivity index is 2.55. The lowest BCUT2D eigenvalue weighted by Gasteiger charge is -2.13. The van der Waals surface area contributed by atoms with Gasteiger partial charge in [-0.2, -0.15) is 0 Å². The number of carbonyl (C=O) groups is 1. The van der Waals surface area contributed by atoms with Crippen LogP contribution in [0.5, 0.6) is 5.75 Å². The Morgan fingerprint density at radius 1 is 1.50 bits per heavy atom. The van der Waals surface area contributed by atoms with Crippen LogP contribution in [-0.4, -0.2) is 38.1 Å². The highest BCUT2D eigenvalue weighted by molar-refractivity contribution is 5.92. The topological polar surface area (TPSA) is 41.6 Å². The Bertz CT molecular complexity index is 353. The molecule has 0 fully saturated rings. The van der Waals surface area contributed by atoms with Gasteiger partial charge in [-0.05, 0) is 25.7 Å². The summed E-state index contributed by atoms with van der Waals surface area (Å²) < 4.78 is 5.08. The van der Waals surface area contributed by atoms with Gasteiger partial charge in [0.25, 0.3) is 0 Å². The summed E-state index contributed by atoms with van der Waals surface area (Å²) in [5.74, 6) is 0.722. The average Bonchev–Trinajstić information content (AvgIpc) is 2.28. The second-order valence-corrected chi connectivity index (χ2v) is 3.61. The fraction of sp³-hybridized carbons (Fsp3) is 0.417. The van der Waals surface area contributed by atoms with Crippen LogP contribution in [0.15, 0.2) is 24.3 Å². The van der Waals surface area contributed by atoms with Crippen LogP contribution in [0.25, 0.3) is 0 Å². The van der Waals surface area contributed by atoms with Gasteiger partial charge in [-0.3, -0.25) is 9.69 Å². The van der Waals surface area contributed by atoms with Crippen molar-refractivity contribution in [1.29, 1.82) is 0 Å². The molecule has 88 valence electrons. The molecule has 1 aromatic rings. The summed E-state index contributed by atoms with van der Waals surface area (Å²) in [6.45, 7) is 3.26. The summed E-state index contributed by atoms with van der Waals surface area (Å²) in [7, 11) is 3.51. The fourth-order valence-corrected chi connectivity index (χ4v) is 1.26. The third-order valence-corrected chi connectivity index (χ3v) is 2.31. The van der Waals surface area contributed by atoms with Crippen molar-refractivity contribution < 1.29 is 9.53 Å². The molecule has 0 unspecified atom stereocenters. The second kappa shape index (κ2) is 6.12. The highest BCUT2D eigenvalue weighted by atomic mass is 16.5. The van der Waals surface area contributed by atoms with Crippen LogP contribution in [0.1, 0.15) is 6.92 Å². The lowest BCUT2D eigenvalue weighted by Crippen LogP contribution is -2.29. The number of nitrogens with one attached hydrogen (secondary N) is 1. The van der Waals surface area contributed by atoms with E-state index >= 15 is 0 Å². The number of methoxy groups -OCH3 is 1. The number of nitrogens with zero attached hydrogens (tertiary/aromatic N) is 1. The molecule has 0 aliphatic carbocycles. The molecule has 0 aliphatic heterocycles. The molecule has 1 amide bonds. The first-order valence-corrected chi connectivity index (χ1v) is 5.28. The number of likely N-dealkylation sites (N-methyl/N-ethyl adjacent to an activating group) is 1. The molecular weight excluding hydrogens is 204 g/mol. The van der Waals surface area contributed by atoms with E-state index in [-0.39, 0.29) is 5.91 Å². The minimum Gasteiger partial charge on any atom is -0.497 e. The molecule has 0 saturated carbocycles. The number of carbonyl (C=O) groups excluding carboxylic acids is 1. The van der Waals surface area contributed by atoms with Crippen LogP contribution >= 0.6 is 0 Å². The Morgan fingerprint density at radius 2 is 2.25 bits per heavy atom. The van der Waals surface area contributed by atoms with Gasteiger partial charge in [0.15, 0.2) is 0 Å². The number of rotatable bonds is 5. The molecule has 0 aromatic heterocycles. The van der Waals surface area contributed by atoms with Crippen molar-refractivity contribution in [2.75, 3.05) is 32.6 Å². The normalized spacial score (nSPS) is 10.2. The zero-order chi connectivity index (χ0) is 12.0. The molecule has 0 heterocycles. The summed E-state index contributed by atoms with van der Waals surface area (Å²) in [6, 6.07) is 7.32. The molecule has 1 N–H and O–H groups in total. The molecule has 0 spiro atoms. The molecule has 4 nitrogen and oxygen atoms in total. The van der Waals surface area contributed by atoms with Crippen LogP contribution in [0, 0.1) is 0 Å². The number of anilines is 1. The van der Waals surface area contributed by atoms with E-state index < -0.39 is 0 Å². The zero-order valence-corrected chi connectivity index (χ0v) is 9.99. The first-order chi connectivity index (χ1) is 7.65. The van der Waals surface area contributed by atoms with Gasteiger partial charge in [0, 0.05) is 11.8 Å². The van der Waals surface area contributed by atoms with E-state index in [1.165, 1.54) is 0 Å². The first kappa shape index (κ1) is 12.5. The van der Waals surface area contributed by atoms with E-state index in [4.69, 9.17) is 4.74 Å². The molecule has 0 aliphatic rings. The van der Waals surface area contributed by atoms with E-state index in [2.05, 4.69) is 5.32 Å². The first-order valence-electron chi connectivity index (χ1n) is 5.28. The number of ether oxygens (including phenoxy) is 1. The molecule has 1 rings (SSSR count). The van der Waals surface area contributed by atoms with Gasteiger partial charge in [0.05, 0.1) is 13.7 Å². The van der Waals surface area contributed by atoms with Crippen molar-refractivity contribution >= 4 is 11.6 Å². The third-order valence-electron chi connectivity index (χ3n) is 2.31. The van der Waals surface area contributed by atoms with Gasteiger partial charge in [-0.1, -0.05) is 13.0 Å². The average molecular weight is 222 g/mol. The van der Waals surface area contributed by atoms with Crippen LogP contribution < -0.4 is 10.1 Å². The van der Waals surface area contributed by atoms with Gasteiger partial charge < -0.3 is 10.1 Å². The molecule has 0 atom stereocenters. The molecule has 4 heteroatoms. The maximum absolute atomic E-state index is 11.6. The van der Waals surface area contributed by atoms with Crippen LogP contribution in [-0.2, 0) is 4.79 Å². The maximum Gasteiger partial charge on any atom is 0.238 e. The van der Waals surface area contributed by atoms with Crippen molar-refractivity contribution in [3.8, 4) is 5.75 Å². The van der Waals surface area contributed by atoms with Gasteiger partial charge in [0.2, 0.25) is 5.91 Å².